The summed E-state index contributed by atoms with van der Waals surface area (Å²) in [4.78, 5) is 25.8. The van der Waals surface area contributed by atoms with Crippen LogP contribution in [0.15, 0.2) is 54.6 Å². The van der Waals surface area contributed by atoms with Crippen LogP contribution in [-0.4, -0.2) is 54.1 Å². The predicted octanol–water partition coefficient (Wildman–Crippen LogP) is 3.43. The number of anilines is 4. The van der Waals surface area contributed by atoms with Gasteiger partial charge in [0.25, 0.3) is 0 Å². The Balaban J connectivity index is 1.50. The van der Waals surface area contributed by atoms with Gasteiger partial charge in [-0.25, -0.2) is 9.78 Å². The number of nitrogen functional groups attached to an aromatic ring is 1. The largest absolute Gasteiger partial charge is 0.368 e. The molecule has 2 heterocycles. The summed E-state index contributed by atoms with van der Waals surface area (Å²) in [7, 11) is 2.12. The molecule has 2 aromatic carbocycles. The normalized spacial score (nSPS) is 14.3. The highest BCUT2D eigenvalue weighted by Crippen LogP contribution is 2.26. The molecule has 8 nitrogen and oxygen atoms in total. The van der Waals surface area contributed by atoms with Crippen molar-refractivity contribution < 1.29 is 4.79 Å². The van der Waals surface area contributed by atoms with Crippen molar-refractivity contribution in [3.05, 3.63) is 60.2 Å². The second-order valence-corrected chi connectivity index (χ2v) is 7.79. The summed E-state index contributed by atoms with van der Waals surface area (Å²) in [6, 6.07) is 16.9. The molecule has 0 radical (unpaired) electrons. The Morgan fingerprint density at radius 2 is 1.61 bits per heavy atom. The Labute approximate surface area is 182 Å². The van der Waals surface area contributed by atoms with Crippen LogP contribution < -0.4 is 21.3 Å². The van der Waals surface area contributed by atoms with Gasteiger partial charge in [0.15, 0.2) is 0 Å². The van der Waals surface area contributed by atoms with Gasteiger partial charge in [0.2, 0.25) is 5.95 Å². The van der Waals surface area contributed by atoms with Crippen LogP contribution in [0.5, 0.6) is 0 Å². The van der Waals surface area contributed by atoms with Gasteiger partial charge in [0.1, 0.15) is 5.82 Å². The van der Waals surface area contributed by atoms with E-state index in [1.165, 1.54) is 0 Å². The van der Waals surface area contributed by atoms with E-state index in [9.17, 15) is 4.79 Å². The Morgan fingerprint density at radius 3 is 2.32 bits per heavy atom. The lowest BCUT2D eigenvalue weighted by Crippen LogP contribution is -2.44. The number of nitrogens with zero attached hydrogens (tertiary/aromatic N) is 4. The minimum absolute atomic E-state index is 0.238. The van der Waals surface area contributed by atoms with E-state index in [4.69, 9.17) is 5.73 Å². The topological polar surface area (TPSA) is 99.4 Å². The molecule has 4 rings (SSSR count). The van der Waals surface area contributed by atoms with E-state index in [1.807, 2.05) is 61.5 Å². The molecule has 160 valence electrons. The van der Waals surface area contributed by atoms with Crippen molar-refractivity contribution in [1.29, 1.82) is 0 Å². The molecule has 1 aliphatic rings. The van der Waals surface area contributed by atoms with Gasteiger partial charge in [-0.2, -0.15) is 4.98 Å². The third kappa shape index (κ3) is 5.29. The minimum Gasteiger partial charge on any atom is -0.368 e. The van der Waals surface area contributed by atoms with Gasteiger partial charge in [0.05, 0.1) is 5.69 Å². The SMILES string of the molecule is Cc1cccc(NC(=O)Nc2cccc(-c3cc(N4CCN(C)CC4)nc(N)n3)c2)c1. The Hall–Kier alpha value is -3.65. The fourth-order valence-corrected chi connectivity index (χ4v) is 3.57. The van der Waals surface area contributed by atoms with Gasteiger partial charge in [-0.1, -0.05) is 24.3 Å². The van der Waals surface area contributed by atoms with E-state index in [2.05, 4.69) is 37.4 Å². The maximum absolute atomic E-state index is 12.4. The lowest BCUT2D eigenvalue weighted by Gasteiger charge is -2.33. The number of piperazine rings is 1. The second kappa shape index (κ2) is 9.01. The number of likely N-dealkylation sites (N-methyl/N-ethyl adjacent to an activating group) is 1. The molecule has 1 fully saturated rings. The average molecular weight is 418 g/mol. The van der Waals surface area contributed by atoms with Crippen LogP contribution in [0.25, 0.3) is 11.3 Å². The summed E-state index contributed by atoms with van der Waals surface area (Å²) < 4.78 is 0. The second-order valence-electron chi connectivity index (χ2n) is 7.79. The van der Waals surface area contributed by atoms with Crippen molar-refractivity contribution in [2.75, 3.05) is 54.5 Å². The van der Waals surface area contributed by atoms with Crippen molar-refractivity contribution in [3.8, 4) is 11.3 Å². The number of hydrogen-bond acceptors (Lipinski definition) is 6. The van der Waals surface area contributed by atoms with Crippen LogP contribution in [0.3, 0.4) is 0 Å². The summed E-state index contributed by atoms with van der Waals surface area (Å²) in [6.07, 6.45) is 0. The first-order chi connectivity index (χ1) is 15.0. The lowest BCUT2D eigenvalue weighted by atomic mass is 10.1. The Morgan fingerprint density at radius 1 is 0.935 bits per heavy atom. The molecule has 4 N–H and O–H groups in total. The smallest absolute Gasteiger partial charge is 0.323 e. The molecular formula is C23H27N7O. The number of carbonyl (C=O) groups excluding carboxylic acids is 1. The van der Waals surface area contributed by atoms with Crippen molar-refractivity contribution in [1.82, 2.24) is 14.9 Å². The van der Waals surface area contributed by atoms with Gasteiger partial charge in [-0.3, -0.25) is 0 Å². The molecule has 3 aromatic rings. The molecule has 2 amide bonds. The first-order valence-corrected chi connectivity index (χ1v) is 10.3. The van der Waals surface area contributed by atoms with Gasteiger partial charge in [-0.05, 0) is 43.8 Å². The molecule has 8 heteroatoms. The number of nitrogens with one attached hydrogen (secondary N) is 2. The zero-order chi connectivity index (χ0) is 21.8. The van der Waals surface area contributed by atoms with E-state index in [1.54, 1.807) is 0 Å². The standard InChI is InChI=1S/C23H27N7O/c1-16-5-3-7-18(13-16)25-23(31)26-19-8-4-6-17(14-19)20-15-21(28-22(24)27-20)30-11-9-29(2)10-12-30/h3-8,13-15H,9-12H2,1-2H3,(H2,24,27,28)(H2,25,26,31). The number of urea groups is 1. The molecule has 0 bridgehead atoms. The summed E-state index contributed by atoms with van der Waals surface area (Å²) >= 11 is 0. The van der Waals surface area contributed by atoms with E-state index < -0.39 is 0 Å². The first kappa shape index (κ1) is 20.6. The quantitative estimate of drug-likeness (QED) is 0.601. The van der Waals surface area contributed by atoms with Crippen LogP contribution in [0.2, 0.25) is 0 Å². The fraction of sp³-hybridized carbons (Fsp3) is 0.261. The predicted molar refractivity (Wildman–Crippen MR) is 125 cm³/mol. The van der Waals surface area contributed by atoms with Crippen molar-refractivity contribution >= 4 is 29.2 Å². The van der Waals surface area contributed by atoms with Crippen molar-refractivity contribution in [3.63, 3.8) is 0 Å². The first-order valence-electron chi connectivity index (χ1n) is 10.3. The van der Waals surface area contributed by atoms with Crippen LogP contribution in [-0.2, 0) is 0 Å². The van der Waals surface area contributed by atoms with Crippen LogP contribution in [0.1, 0.15) is 5.56 Å². The molecule has 0 aliphatic carbocycles. The monoisotopic (exact) mass is 417 g/mol. The van der Waals surface area contributed by atoms with Crippen LogP contribution in [0, 0.1) is 6.92 Å². The summed E-state index contributed by atoms with van der Waals surface area (Å²) in [5, 5.41) is 5.73. The van der Waals surface area contributed by atoms with E-state index in [0.29, 0.717) is 5.69 Å². The fourth-order valence-electron chi connectivity index (χ4n) is 3.57. The van der Waals surface area contributed by atoms with E-state index in [0.717, 1.165) is 54.5 Å². The zero-order valence-corrected chi connectivity index (χ0v) is 17.8. The minimum atomic E-state index is -0.303. The third-order valence-electron chi connectivity index (χ3n) is 5.25. The number of aryl methyl sites for hydroxylation is 1. The molecule has 0 unspecified atom stereocenters. The van der Waals surface area contributed by atoms with Crippen molar-refractivity contribution in [2.24, 2.45) is 0 Å². The van der Waals surface area contributed by atoms with E-state index >= 15 is 0 Å². The highest BCUT2D eigenvalue weighted by Gasteiger charge is 2.17. The number of benzene rings is 2. The summed E-state index contributed by atoms with van der Waals surface area (Å²) in [5.74, 6) is 1.06. The summed E-state index contributed by atoms with van der Waals surface area (Å²) in [5.41, 5.74) is 10.1. The maximum atomic E-state index is 12.4. The zero-order valence-electron chi connectivity index (χ0n) is 17.8. The molecule has 0 spiro atoms. The maximum Gasteiger partial charge on any atom is 0.323 e. The molecule has 31 heavy (non-hydrogen) atoms. The number of nitrogens with two attached hydrogens (primary N) is 1. The van der Waals surface area contributed by atoms with Gasteiger partial charge < -0.3 is 26.2 Å². The molecule has 1 aliphatic heterocycles. The number of rotatable bonds is 4. The number of aromatic nitrogens is 2. The molecule has 1 aromatic heterocycles. The highest BCUT2D eigenvalue weighted by atomic mass is 16.2. The molecule has 0 saturated carbocycles. The van der Waals surface area contributed by atoms with Crippen LogP contribution >= 0.6 is 0 Å². The molecular weight excluding hydrogens is 390 g/mol. The lowest BCUT2D eigenvalue weighted by molar-refractivity contribution is 0.262. The number of amides is 2. The van der Waals surface area contributed by atoms with Gasteiger partial charge in [-0.15, -0.1) is 0 Å². The number of hydrogen-bond donors (Lipinski definition) is 3. The van der Waals surface area contributed by atoms with Gasteiger partial charge >= 0.3 is 6.03 Å². The Bertz CT molecular complexity index is 1080. The van der Waals surface area contributed by atoms with E-state index in [-0.39, 0.29) is 12.0 Å². The Kier molecular flexibility index (Phi) is 5.99. The molecule has 0 atom stereocenters. The average Bonchev–Trinajstić information content (AvgIpc) is 2.74. The van der Waals surface area contributed by atoms with Crippen molar-refractivity contribution in [2.45, 2.75) is 6.92 Å². The summed E-state index contributed by atoms with van der Waals surface area (Å²) in [6.45, 7) is 5.74. The highest BCUT2D eigenvalue weighted by molar-refractivity contribution is 6.00. The molecule has 1 saturated heterocycles. The van der Waals surface area contributed by atoms with Gasteiger partial charge in [0, 0.05) is 49.2 Å². The third-order valence-corrected chi connectivity index (χ3v) is 5.25. The van der Waals surface area contributed by atoms with Crippen LogP contribution in [0.4, 0.5) is 27.9 Å². The number of carbonyl (C=O) groups is 1.